The minimum atomic E-state index is -0.926. The second-order valence-corrected chi connectivity index (χ2v) is 6.34. The first kappa shape index (κ1) is 16.5. The molecule has 0 bridgehead atoms. The van der Waals surface area contributed by atoms with Crippen molar-refractivity contribution >= 4 is 12.0 Å². The zero-order chi connectivity index (χ0) is 15.5. The average molecular weight is 282 g/mol. The fraction of sp³-hybridized carbons (Fsp3) is 0.733. The van der Waals surface area contributed by atoms with E-state index in [4.69, 9.17) is 0 Å². The standard InChI is InChI=1S/C15H26N2O3/c1-6-9-16(11(2)3)14(20)17-10-7-8-15(4,5)12(17)13(18)19/h6,11-12H,1,7-10H2,2-5H3,(H,18,19). The number of carbonyl (C=O) groups excluding carboxylic acids is 1. The monoisotopic (exact) mass is 282 g/mol. The van der Waals surface area contributed by atoms with Crippen molar-refractivity contribution in [2.45, 2.75) is 52.6 Å². The second-order valence-electron chi connectivity index (χ2n) is 6.34. The summed E-state index contributed by atoms with van der Waals surface area (Å²) in [5, 5.41) is 9.51. The Morgan fingerprint density at radius 2 is 2.10 bits per heavy atom. The van der Waals surface area contributed by atoms with E-state index in [1.54, 1.807) is 11.0 Å². The van der Waals surface area contributed by atoms with Crippen LogP contribution in [0, 0.1) is 5.41 Å². The minimum absolute atomic E-state index is 0.0139. The van der Waals surface area contributed by atoms with E-state index in [1.165, 1.54) is 4.90 Å². The van der Waals surface area contributed by atoms with E-state index in [9.17, 15) is 14.7 Å². The van der Waals surface area contributed by atoms with Gasteiger partial charge in [-0.25, -0.2) is 9.59 Å². The molecule has 2 amide bonds. The highest BCUT2D eigenvalue weighted by Gasteiger charge is 2.45. The lowest BCUT2D eigenvalue weighted by atomic mass is 9.76. The maximum atomic E-state index is 12.7. The summed E-state index contributed by atoms with van der Waals surface area (Å²) in [5.41, 5.74) is -0.406. The first-order valence-electron chi connectivity index (χ1n) is 7.13. The van der Waals surface area contributed by atoms with E-state index in [2.05, 4.69) is 6.58 Å². The normalized spacial score (nSPS) is 21.6. The SMILES string of the molecule is C=CCN(C(=O)N1CCCC(C)(C)C1C(=O)O)C(C)C. The van der Waals surface area contributed by atoms with Gasteiger partial charge in [-0.05, 0) is 32.1 Å². The van der Waals surface area contributed by atoms with Crippen LogP contribution in [0.15, 0.2) is 12.7 Å². The number of nitrogens with zero attached hydrogens (tertiary/aromatic N) is 2. The Bertz CT molecular complexity index is 391. The van der Waals surface area contributed by atoms with Crippen molar-refractivity contribution in [2.24, 2.45) is 5.41 Å². The zero-order valence-corrected chi connectivity index (χ0v) is 12.9. The van der Waals surface area contributed by atoms with Crippen LogP contribution < -0.4 is 0 Å². The van der Waals surface area contributed by atoms with Gasteiger partial charge in [0.2, 0.25) is 0 Å². The minimum Gasteiger partial charge on any atom is -0.480 e. The van der Waals surface area contributed by atoms with Crippen LogP contribution in [0.2, 0.25) is 0 Å². The van der Waals surface area contributed by atoms with Gasteiger partial charge in [0.1, 0.15) is 6.04 Å². The smallest absolute Gasteiger partial charge is 0.327 e. The molecule has 0 spiro atoms. The Kier molecular flexibility index (Phi) is 5.20. The van der Waals surface area contributed by atoms with E-state index in [0.717, 1.165) is 12.8 Å². The number of carboxylic acid groups (broad SMARTS) is 1. The third kappa shape index (κ3) is 3.32. The van der Waals surface area contributed by atoms with E-state index < -0.39 is 17.4 Å². The zero-order valence-electron chi connectivity index (χ0n) is 12.9. The van der Waals surface area contributed by atoms with Crippen LogP contribution in [0.5, 0.6) is 0 Å². The number of amides is 2. The van der Waals surface area contributed by atoms with E-state index in [-0.39, 0.29) is 12.1 Å². The summed E-state index contributed by atoms with van der Waals surface area (Å²) in [6.07, 6.45) is 3.32. The fourth-order valence-electron chi connectivity index (χ4n) is 2.88. The van der Waals surface area contributed by atoms with Crippen molar-refractivity contribution in [1.29, 1.82) is 0 Å². The van der Waals surface area contributed by atoms with E-state index in [0.29, 0.717) is 13.1 Å². The highest BCUT2D eigenvalue weighted by atomic mass is 16.4. The Balaban J connectivity index is 3.04. The lowest BCUT2D eigenvalue weighted by molar-refractivity contribution is -0.148. The van der Waals surface area contributed by atoms with Crippen LogP contribution in [-0.4, -0.2) is 52.1 Å². The Morgan fingerprint density at radius 1 is 1.50 bits per heavy atom. The van der Waals surface area contributed by atoms with Crippen LogP contribution >= 0.6 is 0 Å². The highest BCUT2D eigenvalue weighted by Crippen LogP contribution is 2.36. The molecular formula is C15H26N2O3. The predicted molar refractivity (Wildman–Crippen MR) is 78.6 cm³/mol. The van der Waals surface area contributed by atoms with Gasteiger partial charge in [-0.15, -0.1) is 6.58 Å². The van der Waals surface area contributed by atoms with Gasteiger partial charge in [-0.3, -0.25) is 0 Å². The van der Waals surface area contributed by atoms with Crippen molar-refractivity contribution in [2.75, 3.05) is 13.1 Å². The van der Waals surface area contributed by atoms with Crippen LogP contribution in [0.25, 0.3) is 0 Å². The molecule has 1 aliphatic rings. The van der Waals surface area contributed by atoms with Gasteiger partial charge in [0.15, 0.2) is 0 Å². The maximum absolute atomic E-state index is 12.7. The average Bonchev–Trinajstić information content (AvgIpc) is 2.32. The van der Waals surface area contributed by atoms with Gasteiger partial charge in [-0.2, -0.15) is 0 Å². The van der Waals surface area contributed by atoms with Crippen LogP contribution in [0.1, 0.15) is 40.5 Å². The molecule has 1 unspecified atom stereocenters. The molecule has 20 heavy (non-hydrogen) atoms. The molecule has 1 aliphatic heterocycles. The van der Waals surface area contributed by atoms with Gasteiger partial charge in [0.25, 0.3) is 0 Å². The third-order valence-electron chi connectivity index (χ3n) is 3.95. The molecule has 0 aromatic rings. The topological polar surface area (TPSA) is 60.9 Å². The number of piperidine rings is 1. The quantitative estimate of drug-likeness (QED) is 0.806. The molecule has 1 N–H and O–H groups in total. The third-order valence-corrected chi connectivity index (χ3v) is 3.95. The fourth-order valence-corrected chi connectivity index (χ4v) is 2.88. The summed E-state index contributed by atoms with van der Waals surface area (Å²) >= 11 is 0. The number of hydrogen-bond acceptors (Lipinski definition) is 2. The molecule has 1 atom stereocenters. The molecule has 1 heterocycles. The van der Waals surface area contributed by atoms with E-state index >= 15 is 0 Å². The molecule has 1 saturated heterocycles. The molecule has 5 heteroatoms. The van der Waals surface area contributed by atoms with Crippen LogP contribution in [-0.2, 0) is 4.79 Å². The van der Waals surface area contributed by atoms with Crippen molar-refractivity contribution in [3.8, 4) is 0 Å². The molecule has 1 rings (SSSR count). The number of aliphatic carboxylic acids is 1. The van der Waals surface area contributed by atoms with Gasteiger partial charge >= 0.3 is 12.0 Å². The van der Waals surface area contributed by atoms with Crippen LogP contribution in [0.4, 0.5) is 4.79 Å². The molecule has 0 aromatic carbocycles. The lowest BCUT2D eigenvalue weighted by Crippen LogP contribution is -2.60. The summed E-state index contributed by atoms with van der Waals surface area (Å²) in [6, 6.07) is -0.963. The molecule has 114 valence electrons. The molecule has 1 fully saturated rings. The summed E-state index contributed by atoms with van der Waals surface area (Å²) in [4.78, 5) is 27.4. The Hall–Kier alpha value is -1.52. The van der Waals surface area contributed by atoms with Crippen LogP contribution in [0.3, 0.4) is 0 Å². The van der Waals surface area contributed by atoms with Crippen molar-refractivity contribution in [3.05, 3.63) is 12.7 Å². The first-order chi connectivity index (χ1) is 9.22. The summed E-state index contributed by atoms with van der Waals surface area (Å²) < 4.78 is 0. The predicted octanol–water partition coefficient (Wildman–Crippen LogP) is 2.58. The highest BCUT2D eigenvalue weighted by molar-refractivity contribution is 5.84. The van der Waals surface area contributed by atoms with Gasteiger partial charge < -0.3 is 14.9 Å². The molecule has 0 aliphatic carbocycles. The Labute approximate surface area is 121 Å². The maximum Gasteiger partial charge on any atom is 0.327 e. The molecule has 5 nitrogen and oxygen atoms in total. The number of urea groups is 1. The number of likely N-dealkylation sites (tertiary alicyclic amines) is 1. The summed E-state index contributed by atoms with van der Waals surface area (Å²) in [5.74, 6) is -0.926. The first-order valence-corrected chi connectivity index (χ1v) is 7.13. The Morgan fingerprint density at radius 3 is 2.55 bits per heavy atom. The number of carboxylic acids is 1. The van der Waals surface area contributed by atoms with Crippen molar-refractivity contribution < 1.29 is 14.7 Å². The summed E-state index contributed by atoms with van der Waals surface area (Å²) in [7, 11) is 0. The van der Waals surface area contributed by atoms with E-state index in [1.807, 2.05) is 27.7 Å². The van der Waals surface area contributed by atoms with Gasteiger partial charge in [0, 0.05) is 19.1 Å². The number of carbonyl (C=O) groups is 2. The van der Waals surface area contributed by atoms with Crippen molar-refractivity contribution in [1.82, 2.24) is 9.80 Å². The molecular weight excluding hydrogens is 256 g/mol. The van der Waals surface area contributed by atoms with Crippen molar-refractivity contribution in [3.63, 3.8) is 0 Å². The second kappa shape index (κ2) is 6.29. The largest absolute Gasteiger partial charge is 0.480 e. The molecule has 0 radical (unpaired) electrons. The summed E-state index contributed by atoms with van der Waals surface area (Å²) in [6.45, 7) is 12.3. The van der Waals surface area contributed by atoms with Gasteiger partial charge in [-0.1, -0.05) is 19.9 Å². The lowest BCUT2D eigenvalue weighted by Gasteiger charge is -2.46. The number of rotatable bonds is 4. The number of hydrogen-bond donors (Lipinski definition) is 1. The molecule has 0 aromatic heterocycles. The molecule has 0 saturated carbocycles. The van der Waals surface area contributed by atoms with Gasteiger partial charge in [0.05, 0.1) is 0 Å².